The Morgan fingerprint density at radius 3 is 2.26 bits per heavy atom. The number of hydrogen-bond acceptors (Lipinski definition) is 3. The molecule has 1 aromatic carbocycles. The summed E-state index contributed by atoms with van der Waals surface area (Å²) < 4.78 is 26.3. The number of nitrogens with zero attached hydrogens (tertiary/aromatic N) is 1. The van der Waals surface area contributed by atoms with Crippen LogP contribution < -0.4 is 11.1 Å². The zero-order chi connectivity index (χ0) is 18.4. The van der Waals surface area contributed by atoms with Gasteiger partial charge < -0.3 is 11.1 Å². The van der Waals surface area contributed by atoms with E-state index in [1.54, 1.807) is 6.07 Å². The number of rotatable bonds is 7. The maximum absolute atomic E-state index is 13.3. The second-order valence-corrected chi connectivity index (χ2v) is 6.96. The minimum absolute atomic E-state index is 0. The first-order valence-corrected chi connectivity index (χ1v) is 9.11. The van der Waals surface area contributed by atoms with Crippen LogP contribution in [0, 0.1) is 17.0 Å². The van der Waals surface area contributed by atoms with Gasteiger partial charge in [0.1, 0.15) is 0 Å². The van der Waals surface area contributed by atoms with Gasteiger partial charge in [0, 0.05) is 32.2 Å². The van der Waals surface area contributed by atoms with Gasteiger partial charge in [-0.3, -0.25) is 9.69 Å². The van der Waals surface area contributed by atoms with Crippen LogP contribution >= 0.6 is 24.8 Å². The third-order valence-electron chi connectivity index (χ3n) is 5.54. The van der Waals surface area contributed by atoms with Crippen LogP contribution in [-0.2, 0) is 11.3 Å². The van der Waals surface area contributed by atoms with Crippen molar-refractivity contribution in [1.29, 1.82) is 0 Å². The van der Waals surface area contributed by atoms with Crippen LogP contribution in [0.5, 0.6) is 0 Å². The minimum atomic E-state index is -0.819. The number of likely N-dealkylation sites (tertiary alicyclic amines) is 1. The van der Waals surface area contributed by atoms with Crippen LogP contribution in [0.4, 0.5) is 8.78 Å². The van der Waals surface area contributed by atoms with Crippen molar-refractivity contribution in [3.05, 3.63) is 35.4 Å². The quantitative estimate of drug-likeness (QED) is 0.700. The molecule has 1 saturated heterocycles. The Bertz CT molecular complexity index is 584. The highest BCUT2D eigenvalue weighted by Crippen LogP contribution is 2.26. The normalized spacial score (nSPS) is 15.6. The van der Waals surface area contributed by atoms with Crippen LogP contribution in [0.2, 0.25) is 0 Å². The van der Waals surface area contributed by atoms with Gasteiger partial charge >= 0.3 is 0 Å². The average molecular weight is 426 g/mol. The Morgan fingerprint density at radius 2 is 1.78 bits per heavy atom. The molecular weight excluding hydrogens is 395 g/mol. The molecule has 0 bridgehead atoms. The predicted molar refractivity (Wildman–Crippen MR) is 109 cm³/mol. The monoisotopic (exact) mass is 425 g/mol. The van der Waals surface area contributed by atoms with Crippen molar-refractivity contribution in [3.8, 4) is 0 Å². The van der Waals surface area contributed by atoms with Crippen molar-refractivity contribution in [2.45, 2.75) is 52.1 Å². The largest absolute Gasteiger partial charge is 0.353 e. The lowest BCUT2D eigenvalue weighted by Gasteiger charge is -2.35. The highest BCUT2D eigenvalue weighted by molar-refractivity contribution is 5.85. The number of carbonyl (C=O) groups is 1. The van der Waals surface area contributed by atoms with Crippen molar-refractivity contribution in [3.63, 3.8) is 0 Å². The van der Waals surface area contributed by atoms with Gasteiger partial charge in [-0.1, -0.05) is 19.9 Å². The van der Waals surface area contributed by atoms with E-state index in [0.717, 1.165) is 44.3 Å². The first kappa shape index (κ1) is 26.1. The van der Waals surface area contributed by atoms with Crippen molar-refractivity contribution in [1.82, 2.24) is 10.2 Å². The summed E-state index contributed by atoms with van der Waals surface area (Å²) in [5.41, 5.74) is 6.13. The van der Waals surface area contributed by atoms with Crippen LogP contribution in [0.25, 0.3) is 0 Å². The summed E-state index contributed by atoms with van der Waals surface area (Å²) in [6, 6.07) is 4.18. The zero-order valence-corrected chi connectivity index (χ0v) is 17.6. The second-order valence-electron chi connectivity index (χ2n) is 6.96. The summed E-state index contributed by atoms with van der Waals surface area (Å²) in [4.78, 5) is 14.8. The number of nitrogens with one attached hydrogen (secondary N) is 1. The summed E-state index contributed by atoms with van der Waals surface area (Å²) in [6.45, 7) is 6.59. The lowest BCUT2D eigenvalue weighted by molar-refractivity contribution is -0.132. The van der Waals surface area contributed by atoms with Gasteiger partial charge in [-0.05, 0) is 43.4 Å². The maximum Gasteiger partial charge on any atom is 0.227 e. The molecule has 1 aromatic rings. The van der Waals surface area contributed by atoms with Crippen LogP contribution in [-0.4, -0.2) is 36.5 Å². The Hall–Kier alpha value is -0.950. The standard InChI is InChI=1S/C19H29F2N3O.2ClH/c1-3-19(4-2,13-22)18(25)23-15-7-9-24(10-8-15)12-14-5-6-16(20)17(21)11-14;;/h5-6,11,15H,3-4,7-10,12-13,22H2,1-2H3,(H,23,25);2*1H. The lowest BCUT2D eigenvalue weighted by Crippen LogP contribution is -2.51. The van der Waals surface area contributed by atoms with Gasteiger partial charge in [-0.2, -0.15) is 0 Å². The molecular formula is C19H31Cl2F2N3O. The van der Waals surface area contributed by atoms with Crippen molar-refractivity contribution in [2.24, 2.45) is 11.1 Å². The topological polar surface area (TPSA) is 58.4 Å². The summed E-state index contributed by atoms with van der Waals surface area (Å²) in [6.07, 6.45) is 3.18. The fourth-order valence-corrected chi connectivity index (χ4v) is 3.42. The Kier molecular flexibility index (Phi) is 11.4. The van der Waals surface area contributed by atoms with E-state index in [-0.39, 0.29) is 36.8 Å². The van der Waals surface area contributed by atoms with E-state index < -0.39 is 17.0 Å². The Balaban J connectivity index is 0.00000338. The number of hydrogen-bond donors (Lipinski definition) is 2. The van der Waals surface area contributed by atoms with Crippen LogP contribution in [0.1, 0.15) is 45.1 Å². The van der Waals surface area contributed by atoms with Crippen molar-refractivity contribution in [2.75, 3.05) is 19.6 Å². The highest BCUT2D eigenvalue weighted by Gasteiger charge is 2.35. The smallest absolute Gasteiger partial charge is 0.227 e. The van der Waals surface area contributed by atoms with Gasteiger partial charge in [-0.25, -0.2) is 8.78 Å². The molecule has 0 unspecified atom stereocenters. The summed E-state index contributed by atoms with van der Waals surface area (Å²) in [5.74, 6) is -1.57. The number of carbonyl (C=O) groups excluding carboxylic acids is 1. The molecule has 2 rings (SSSR count). The minimum Gasteiger partial charge on any atom is -0.353 e. The van der Waals surface area contributed by atoms with Gasteiger partial charge in [0.05, 0.1) is 5.41 Å². The highest BCUT2D eigenvalue weighted by atomic mass is 35.5. The molecule has 0 saturated carbocycles. The molecule has 27 heavy (non-hydrogen) atoms. The van der Waals surface area contributed by atoms with Crippen LogP contribution in [0.3, 0.4) is 0 Å². The fourth-order valence-electron chi connectivity index (χ4n) is 3.42. The molecule has 156 valence electrons. The van der Waals surface area contributed by atoms with Crippen LogP contribution in [0.15, 0.2) is 18.2 Å². The van der Waals surface area contributed by atoms with E-state index in [9.17, 15) is 13.6 Å². The lowest BCUT2D eigenvalue weighted by atomic mass is 9.81. The molecule has 1 aliphatic heterocycles. The zero-order valence-electron chi connectivity index (χ0n) is 16.0. The van der Waals surface area contributed by atoms with E-state index in [0.29, 0.717) is 13.1 Å². The van der Waals surface area contributed by atoms with Gasteiger partial charge in [0.25, 0.3) is 0 Å². The molecule has 8 heteroatoms. The summed E-state index contributed by atoms with van der Waals surface area (Å²) in [5, 5.41) is 3.16. The molecule has 0 spiro atoms. The number of benzene rings is 1. The van der Waals surface area contributed by atoms with E-state index in [1.807, 2.05) is 13.8 Å². The molecule has 0 aliphatic carbocycles. The van der Waals surface area contributed by atoms with Gasteiger partial charge in [0.15, 0.2) is 11.6 Å². The maximum atomic E-state index is 13.3. The molecule has 3 N–H and O–H groups in total. The second kappa shape index (κ2) is 11.8. The van der Waals surface area contributed by atoms with Gasteiger partial charge in [-0.15, -0.1) is 24.8 Å². The Morgan fingerprint density at radius 1 is 1.19 bits per heavy atom. The SMILES string of the molecule is CCC(CC)(CN)C(=O)NC1CCN(Cc2ccc(F)c(F)c2)CC1.Cl.Cl. The molecule has 4 nitrogen and oxygen atoms in total. The van der Waals surface area contributed by atoms with E-state index >= 15 is 0 Å². The summed E-state index contributed by atoms with van der Waals surface area (Å²) in [7, 11) is 0. The molecule has 0 radical (unpaired) electrons. The number of halogens is 4. The predicted octanol–water partition coefficient (Wildman–Crippen LogP) is 3.65. The molecule has 1 heterocycles. The number of piperidine rings is 1. The molecule has 1 fully saturated rings. The fraction of sp³-hybridized carbons (Fsp3) is 0.632. The molecule has 1 aliphatic rings. The van der Waals surface area contributed by atoms with E-state index in [1.165, 1.54) is 12.1 Å². The molecule has 0 aromatic heterocycles. The third kappa shape index (κ3) is 6.56. The van der Waals surface area contributed by atoms with Gasteiger partial charge in [0.2, 0.25) is 5.91 Å². The van der Waals surface area contributed by atoms with Crippen molar-refractivity contribution < 1.29 is 13.6 Å². The third-order valence-corrected chi connectivity index (χ3v) is 5.54. The Labute approximate surface area is 173 Å². The molecule has 0 atom stereocenters. The van der Waals surface area contributed by atoms with E-state index in [2.05, 4.69) is 10.2 Å². The molecule has 1 amide bonds. The van der Waals surface area contributed by atoms with E-state index in [4.69, 9.17) is 5.73 Å². The first-order chi connectivity index (χ1) is 11.9. The summed E-state index contributed by atoms with van der Waals surface area (Å²) >= 11 is 0. The number of amides is 1. The van der Waals surface area contributed by atoms with Crippen molar-refractivity contribution >= 4 is 30.7 Å². The number of nitrogens with two attached hydrogens (primary N) is 1. The average Bonchev–Trinajstić information content (AvgIpc) is 2.62. The first-order valence-electron chi connectivity index (χ1n) is 9.11.